The maximum Gasteiger partial charge on any atom is 0.165 e. The van der Waals surface area contributed by atoms with Crippen molar-refractivity contribution in [3.05, 3.63) is 97.1 Å². The third-order valence-corrected chi connectivity index (χ3v) is 4.86. The van der Waals surface area contributed by atoms with Gasteiger partial charge in [0.05, 0.1) is 28.7 Å². The first-order chi connectivity index (χ1) is 15.3. The zero-order chi connectivity index (χ0) is 21.0. The zero-order valence-electron chi connectivity index (χ0n) is 16.4. The summed E-state index contributed by atoms with van der Waals surface area (Å²) in [6, 6.07) is 18.0. The number of nitrogens with one attached hydrogen (secondary N) is 1. The summed E-state index contributed by atoms with van der Waals surface area (Å²) in [4.78, 5) is 22.1. The van der Waals surface area contributed by atoms with E-state index in [1.807, 2.05) is 36.4 Å². The number of anilines is 1. The van der Waals surface area contributed by atoms with Crippen molar-refractivity contribution in [2.75, 3.05) is 5.32 Å². The van der Waals surface area contributed by atoms with Crippen LogP contribution in [0.15, 0.2) is 85.6 Å². The maximum absolute atomic E-state index is 13.5. The molecule has 5 rings (SSSR count). The number of hydrogen-bond acceptors (Lipinski definition) is 6. The number of pyridine rings is 1. The Hall–Kier alpha value is -4.26. The van der Waals surface area contributed by atoms with E-state index >= 15 is 0 Å². The van der Waals surface area contributed by atoms with Crippen LogP contribution in [0.5, 0.6) is 0 Å². The Bertz CT molecular complexity index is 1330. The maximum atomic E-state index is 13.5. The van der Waals surface area contributed by atoms with E-state index in [1.165, 1.54) is 18.5 Å². The van der Waals surface area contributed by atoms with Crippen LogP contribution in [0.2, 0.25) is 0 Å². The molecular weight excluding hydrogens is 391 g/mol. The first-order valence-corrected chi connectivity index (χ1v) is 9.74. The number of benzene rings is 2. The lowest BCUT2D eigenvalue weighted by atomic mass is 10.0. The van der Waals surface area contributed by atoms with Crippen LogP contribution in [0.3, 0.4) is 0 Å². The summed E-state index contributed by atoms with van der Waals surface area (Å²) in [5.74, 6) is 0.905. The van der Waals surface area contributed by atoms with Gasteiger partial charge in [-0.3, -0.25) is 4.98 Å². The molecule has 1 N–H and O–H groups in total. The summed E-state index contributed by atoms with van der Waals surface area (Å²) in [5, 5.41) is 4.26. The Morgan fingerprint density at radius 2 is 1.65 bits per heavy atom. The quantitative estimate of drug-likeness (QED) is 0.446. The Labute approximate surface area is 177 Å². The predicted octanol–water partition coefficient (Wildman–Crippen LogP) is 4.90. The van der Waals surface area contributed by atoms with Crippen LogP contribution in [-0.4, -0.2) is 24.9 Å². The molecule has 0 aliphatic rings. The minimum absolute atomic E-state index is 0.278. The predicted molar refractivity (Wildman–Crippen MR) is 118 cm³/mol. The van der Waals surface area contributed by atoms with Crippen LogP contribution in [0, 0.1) is 5.82 Å². The average Bonchev–Trinajstić information content (AvgIpc) is 2.84. The van der Waals surface area contributed by atoms with Gasteiger partial charge >= 0.3 is 0 Å². The van der Waals surface area contributed by atoms with E-state index in [-0.39, 0.29) is 5.82 Å². The second kappa shape index (κ2) is 8.23. The molecule has 3 aromatic heterocycles. The standard InChI is InChI=1S/C24H17FN6/c25-18-9-7-16(8-10-18)20-5-3-6-21-22(20)24(29-14-19-4-1-2-11-28-19)31-23(30-21)17-12-26-15-27-13-17/h1-13,15H,14H2,(H,29,30,31). The van der Waals surface area contributed by atoms with Crippen LogP contribution < -0.4 is 5.32 Å². The van der Waals surface area contributed by atoms with Gasteiger partial charge in [0.2, 0.25) is 0 Å². The van der Waals surface area contributed by atoms with Crippen LogP contribution in [0.25, 0.3) is 33.4 Å². The van der Waals surface area contributed by atoms with Crippen molar-refractivity contribution in [3.8, 4) is 22.5 Å². The molecule has 5 aromatic rings. The number of hydrogen-bond donors (Lipinski definition) is 1. The molecule has 0 fully saturated rings. The van der Waals surface area contributed by atoms with Crippen molar-refractivity contribution in [2.45, 2.75) is 6.54 Å². The van der Waals surface area contributed by atoms with E-state index in [1.54, 1.807) is 30.7 Å². The number of halogens is 1. The normalized spacial score (nSPS) is 10.9. The summed E-state index contributed by atoms with van der Waals surface area (Å²) in [5.41, 5.74) is 4.17. The number of nitrogens with zero attached hydrogens (tertiary/aromatic N) is 5. The van der Waals surface area contributed by atoms with Crippen LogP contribution >= 0.6 is 0 Å². The second-order valence-corrected chi connectivity index (χ2v) is 6.90. The van der Waals surface area contributed by atoms with Crippen LogP contribution in [0.4, 0.5) is 10.2 Å². The van der Waals surface area contributed by atoms with Crippen molar-refractivity contribution >= 4 is 16.7 Å². The first kappa shape index (κ1) is 18.7. The van der Waals surface area contributed by atoms with Crippen molar-refractivity contribution in [1.29, 1.82) is 0 Å². The fourth-order valence-corrected chi connectivity index (χ4v) is 3.40. The second-order valence-electron chi connectivity index (χ2n) is 6.90. The molecule has 2 aromatic carbocycles. The highest BCUT2D eigenvalue weighted by atomic mass is 19.1. The molecule has 0 aliphatic carbocycles. The average molecular weight is 408 g/mol. The van der Waals surface area contributed by atoms with E-state index in [9.17, 15) is 4.39 Å². The van der Waals surface area contributed by atoms with Gasteiger partial charge in [0.1, 0.15) is 18.0 Å². The Kier molecular flexibility index (Phi) is 4.98. The first-order valence-electron chi connectivity index (χ1n) is 9.74. The van der Waals surface area contributed by atoms with Crippen molar-refractivity contribution < 1.29 is 4.39 Å². The minimum Gasteiger partial charge on any atom is -0.364 e. The molecule has 0 radical (unpaired) electrons. The van der Waals surface area contributed by atoms with Gasteiger partial charge in [-0.15, -0.1) is 0 Å². The van der Waals surface area contributed by atoms with E-state index in [2.05, 4.69) is 20.3 Å². The van der Waals surface area contributed by atoms with Crippen molar-refractivity contribution in [3.63, 3.8) is 0 Å². The van der Waals surface area contributed by atoms with Gasteiger partial charge in [-0.1, -0.05) is 30.3 Å². The molecule has 0 saturated carbocycles. The van der Waals surface area contributed by atoms with Gasteiger partial charge in [-0.2, -0.15) is 0 Å². The summed E-state index contributed by atoms with van der Waals surface area (Å²) < 4.78 is 13.5. The van der Waals surface area contributed by atoms with Gasteiger partial charge in [0.25, 0.3) is 0 Å². The molecule has 6 nitrogen and oxygen atoms in total. The Balaban J connectivity index is 1.68. The Morgan fingerprint density at radius 1 is 0.806 bits per heavy atom. The molecule has 31 heavy (non-hydrogen) atoms. The number of fused-ring (bicyclic) bond motifs is 1. The molecule has 7 heteroatoms. The SMILES string of the molecule is Fc1ccc(-c2cccc3nc(-c4cncnc4)nc(NCc4ccccn4)c23)cc1. The van der Waals surface area contributed by atoms with E-state index in [0.717, 1.165) is 33.3 Å². The molecule has 0 aliphatic heterocycles. The van der Waals surface area contributed by atoms with Gasteiger partial charge in [-0.25, -0.2) is 24.3 Å². The fraction of sp³-hybridized carbons (Fsp3) is 0.0417. The molecule has 0 spiro atoms. The molecule has 0 unspecified atom stereocenters. The number of rotatable bonds is 5. The monoisotopic (exact) mass is 408 g/mol. The van der Waals surface area contributed by atoms with Crippen LogP contribution in [-0.2, 0) is 6.54 Å². The third-order valence-electron chi connectivity index (χ3n) is 4.86. The number of aromatic nitrogens is 5. The molecule has 0 atom stereocenters. The van der Waals surface area contributed by atoms with Gasteiger partial charge in [0, 0.05) is 18.6 Å². The summed E-state index contributed by atoms with van der Waals surface area (Å²) in [6.45, 7) is 0.495. The third kappa shape index (κ3) is 3.93. The van der Waals surface area contributed by atoms with Crippen molar-refractivity contribution in [1.82, 2.24) is 24.9 Å². The highest BCUT2D eigenvalue weighted by molar-refractivity contribution is 6.02. The molecule has 0 amide bonds. The molecule has 0 saturated heterocycles. The summed E-state index contributed by atoms with van der Waals surface area (Å²) in [6.07, 6.45) is 6.59. The highest BCUT2D eigenvalue weighted by Crippen LogP contribution is 2.34. The molecular formula is C24H17FN6. The lowest BCUT2D eigenvalue weighted by molar-refractivity contribution is 0.628. The topological polar surface area (TPSA) is 76.5 Å². The van der Waals surface area contributed by atoms with Gasteiger partial charge < -0.3 is 5.32 Å². The van der Waals surface area contributed by atoms with Crippen LogP contribution in [0.1, 0.15) is 5.69 Å². The molecule has 3 heterocycles. The highest BCUT2D eigenvalue weighted by Gasteiger charge is 2.14. The van der Waals surface area contributed by atoms with Gasteiger partial charge in [-0.05, 0) is 41.5 Å². The zero-order valence-corrected chi connectivity index (χ0v) is 16.4. The fourth-order valence-electron chi connectivity index (χ4n) is 3.40. The van der Waals surface area contributed by atoms with E-state index in [0.29, 0.717) is 18.2 Å². The Morgan fingerprint density at radius 3 is 2.42 bits per heavy atom. The van der Waals surface area contributed by atoms with E-state index in [4.69, 9.17) is 9.97 Å². The lowest BCUT2D eigenvalue weighted by Crippen LogP contribution is -2.06. The molecule has 0 bridgehead atoms. The summed E-state index contributed by atoms with van der Waals surface area (Å²) in [7, 11) is 0. The minimum atomic E-state index is -0.278. The molecule has 150 valence electrons. The van der Waals surface area contributed by atoms with Crippen molar-refractivity contribution in [2.24, 2.45) is 0 Å². The van der Waals surface area contributed by atoms with Gasteiger partial charge in [0.15, 0.2) is 5.82 Å². The largest absolute Gasteiger partial charge is 0.364 e. The van der Waals surface area contributed by atoms with E-state index < -0.39 is 0 Å². The smallest absolute Gasteiger partial charge is 0.165 e. The summed E-state index contributed by atoms with van der Waals surface area (Å²) >= 11 is 0. The lowest BCUT2D eigenvalue weighted by Gasteiger charge is -2.14.